The predicted molar refractivity (Wildman–Crippen MR) is 95.8 cm³/mol. The first-order chi connectivity index (χ1) is 11.3. The zero-order valence-electron chi connectivity index (χ0n) is 14.2. The van der Waals surface area contributed by atoms with Gasteiger partial charge in [0.25, 0.3) is 0 Å². The second kappa shape index (κ2) is 7.61. The summed E-state index contributed by atoms with van der Waals surface area (Å²) in [6.45, 7) is 4.60. The molecule has 0 aliphatic carbocycles. The van der Waals surface area contributed by atoms with Crippen molar-refractivity contribution in [2.45, 2.75) is 32.1 Å². The van der Waals surface area contributed by atoms with Crippen molar-refractivity contribution in [2.24, 2.45) is 0 Å². The highest BCUT2D eigenvalue weighted by atomic mass is 32.2. The molecule has 0 fully saturated rings. The van der Waals surface area contributed by atoms with E-state index in [0.29, 0.717) is 23.6 Å². The number of rotatable bonds is 6. The summed E-state index contributed by atoms with van der Waals surface area (Å²) in [6.07, 6.45) is 0. The Hall–Kier alpha value is -2.16. The van der Waals surface area contributed by atoms with E-state index in [0.717, 1.165) is 5.56 Å². The molecule has 0 heterocycles. The van der Waals surface area contributed by atoms with Crippen LogP contribution in [0.4, 0.5) is 0 Å². The molecule has 0 atom stereocenters. The average Bonchev–Trinajstić information content (AvgIpc) is 2.55. The minimum absolute atomic E-state index is 0.0702. The molecule has 0 aromatic heterocycles. The fraction of sp³-hybridized carbons (Fsp3) is 0.316. The van der Waals surface area contributed by atoms with Crippen molar-refractivity contribution >= 4 is 10.0 Å². The van der Waals surface area contributed by atoms with Crippen LogP contribution in [0.1, 0.15) is 42.0 Å². The van der Waals surface area contributed by atoms with Gasteiger partial charge >= 0.3 is 0 Å². The second-order valence-corrected chi connectivity index (χ2v) is 8.29. The van der Waals surface area contributed by atoms with Gasteiger partial charge < -0.3 is 0 Å². The zero-order chi connectivity index (χ0) is 17.7. The summed E-state index contributed by atoms with van der Waals surface area (Å²) in [6, 6.07) is 16.7. The largest absolute Gasteiger partial charge is 0.218 e. The number of nitriles is 1. The maximum Gasteiger partial charge on any atom is 0.218 e. The molecule has 4 nitrogen and oxygen atoms in total. The molecular formula is C19H22N2O2S. The van der Waals surface area contributed by atoms with Gasteiger partial charge in [-0.1, -0.05) is 50.2 Å². The molecular weight excluding hydrogens is 320 g/mol. The van der Waals surface area contributed by atoms with Gasteiger partial charge in [0.2, 0.25) is 10.0 Å². The molecule has 0 spiro atoms. The molecule has 0 radical (unpaired) electrons. The summed E-state index contributed by atoms with van der Waals surface area (Å²) in [4.78, 5) is 0. The van der Waals surface area contributed by atoms with Gasteiger partial charge in [-0.15, -0.1) is 0 Å². The van der Waals surface area contributed by atoms with Gasteiger partial charge in [-0.05, 0) is 34.7 Å². The van der Waals surface area contributed by atoms with E-state index >= 15 is 0 Å². The van der Waals surface area contributed by atoms with Gasteiger partial charge in [-0.2, -0.15) is 5.26 Å². The fourth-order valence-corrected chi connectivity index (χ4v) is 3.54. The highest BCUT2D eigenvalue weighted by molar-refractivity contribution is 7.88. The summed E-state index contributed by atoms with van der Waals surface area (Å²) in [5.74, 6) is 0.385. The van der Waals surface area contributed by atoms with Crippen LogP contribution in [0.5, 0.6) is 0 Å². The van der Waals surface area contributed by atoms with Gasteiger partial charge in [-0.3, -0.25) is 0 Å². The number of sulfonamides is 1. The van der Waals surface area contributed by atoms with E-state index in [2.05, 4.69) is 13.8 Å². The van der Waals surface area contributed by atoms with E-state index in [9.17, 15) is 8.42 Å². The molecule has 0 bridgehead atoms. The quantitative estimate of drug-likeness (QED) is 0.805. The molecule has 2 rings (SSSR count). The summed E-state index contributed by atoms with van der Waals surface area (Å²) >= 11 is 0. The summed E-state index contributed by atoms with van der Waals surface area (Å²) in [5.41, 5.74) is 3.40. The molecule has 0 N–H and O–H groups in total. The van der Waals surface area contributed by atoms with Gasteiger partial charge in [0, 0.05) is 13.6 Å². The van der Waals surface area contributed by atoms with Crippen molar-refractivity contribution in [3.63, 3.8) is 0 Å². The van der Waals surface area contributed by atoms with E-state index in [1.165, 1.54) is 9.87 Å². The molecule has 0 amide bonds. The number of hydrogen-bond donors (Lipinski definition) is 0. The third-order valence-electron chi connectivity index (χ3n) is 3.96. The van der Waals surface area contributed by atoms with Crippen molar-refractivity contribution in [3.8, 4) is 6.07 Å². The van der Waals surface area contributed by atoms with Crippen LogP contribution in [0.15, 0.2) is 48.5 Å². The first kappa shape index (κ1) is 18.2. The van der Waals surface area contributed by atoms with Crippen molar-refractivity contribution in [1.82, 2.24) is 4.31 Å². The lowest BCUT2D eigenvalue weighted by atomic mass is 10.0. The number of nitrogens with zero attached hydrogens (tertiary/aromatic N) is 2. The minimum atomic E-state index is -3.41. The van der Waals surface area contributed by atoms with Crippen LogP contribution in [-0.4, -0.2) is 19.8 Å². The summed E-state index contributed by atoms with van der Waals surface area (Å²) < 4.78 is 26.4. The van der Waals surface area contributed by atoms with Crippen LogP contribution in [0.3, 0.4) is 0 Å². The Bertz CT molecular complexity index is 817. The molecule has 0 saturated heterocycles. The Morgan fingerprint density at radius 1 is 1.00 bits per heavy atom. The topological polar surface area (TPSA) is 61.2 Å². The molecule has 2 aromatic rings. The number of hydrogen-bond acceptors (Lipinski definition) is 3. The molecule has 0 saturated carbocycles. The maximum absolute atomic E-state index is 12.5. The lowest BCUT2D eigenvalue weighted by molar-refractivity contribution is 0.466. The maximum atomic E-state index is 12.5. The Morgan fingerprint density at radius 2 is 1.54 bits per heavy atom. The van der Waals surface area contributed by atoms with Crippen LogP contribution in [0, 0.1) is 11.3 Å². The highest BCUT2D eigenvalue weighted by Gasteiger charge is 2.19. The van der Waals surface area contributed by atoms with Gasteiger partial charge in [0.05, 0.1) is 17.4 Å². The van der Waals surface area contributed by atoms with Crippen molar-refractivity contribution in [3.05, 3.63) is 70.8 Å². The molecule has 0 unspecified atom stereocenters. The minimum Gasteiger partial charge on any atom is -0.212 e. The zero-order valence-corrected chi connectivity index (χ0v) is 15.0. The molecule has 24 heavy (non-hydrogen) atoms. The third kappa shape index (κ3) is 4.67. The first-order valence-corrected chi connectivity index (χ1v) is 9.44. The molecule has 2 aromatic carbocycles. The van der Waals surface area contributed by atoms with Crippen LogP contribution in [0.2, 0.25) is 0 Å². The fourth-order valence-electron chi connectivity index (χ4n) is 2.36. The normalized spacial score (nSPS) is 11.7. The number of benzene rings is 2. The average molecular weight is 342 g/mol. The van der Waals surface area contributed by atoms with Crippen molar-refractivity contribution in [2.75, 3.05) is 7.05 Å². The first-order valence-electron chi connectivity index (χ1n) is 7.83. The summed E-state index contributed by atoms with van der Waals surface area (Å²) in [7, 11) is -1.81. The van der Waals surface area contributed by atoms with Gasteiger partial charge in [-0.25, -0.2) is 12.7 Å². The smallest absolute Gasteiger partial charge is 0.212 e. The van der Waals surface area contributed by atoms with Crippen LogP contribution < -0.4 is 0 Å². The third-order valence-corrected chi connectivity index (χ3v) is 5.74. The second-order valence-electron chi connectivity index (χ2n) is 6.22. The molecule has 5 heteroatoms. The summed E-state index contributed by atoms with van der Waals surface area (Å²) in [5, 5.41) is 8.79. The lowest BCUT2D eigenvalue weighted by Crippen LogP contribution is -2.27. The Labute approximate surface area is 144 Å². The molecule has 0 aliphatic rings. The highest BCUT2D eigenvalue weighted by Crippen LogP contribution is 2.17. The SMILES string of the molecule is CC(C)c1ccc(CN(C)S(=O)(=O)Cc2ccc(C#N)cc2)cc1. The van der Waals surface area contributed by atoms with Crippen LogP contribution in [0.25, 0.3) is 0 Å². The van der Waals surface area contributed by atoms with E-state index < -0.39 is 10.0 Å². The van der Waals surface area contributed by atoms with Crippen LogP contribution >= 0.6 is 0 Å². The molecule has 0 aliphatic heterocycles. The van der Waals surface area contributed by atoms with Gasteiger partial charge in [0.15, 0.2) is 0 Å². The van der Waals surface area contributed by atoms with E-state index in [1.54, 1.807) is 31.3 Å². The molecule has 126 valence electrons. The van der Waals surface area contributed by atoms with Crippen molar-refractivity contribution in [1.29, 1.82) is 5.26 Å². The Balaban J connectivity index is 2.06. The van der Waals surface area contributed by atoms with E-state index in [4.69, 9.17) is 5.26 Å². The van der Waals surface area contributed by atoms with Crippen LogP contribution in [-0.2, 0) is 22.3 Å². The van der Waals surface area contributed by atoms with Gasteiger partial charge in [0.1, 0.15) is 0 Å². The Kier molecular flexibility index (Phi) is 5.76. The Morgan fingerprint density at radius 3 is 2.04 bits per heavy atom. The van der Waals surface area contributed by atoms with Crippen molar-refractivity contribution < 1.29 is 8.42 Å². The van der Waals surface area contributed by atoms with E-state index in [1.807, 2.05) is 30.3 Å². The monoisotopic (exact) mass is 342 g/mol. The predicted octanol–water partition coefficient (Wildman–Crippen LogP) is 3.64. The van der Waals surface area contributed by atoms with E-state index in [-0.39, 0.29) is 5.75 Å². The standard InChI is InChI=1S/C19H22N2O2S/c1-15(2)19-10-8-17(9-11-19)13-21(3)24(22,23)14-18-6-4-16(12-20)5-7-18/h4-11,15H,13-14H2,1-3H3. The lowest BCUT2D eigenvalue weighted by Gasteiger charge is -2.18.